The quantitative estimate of drug-likeness (QED) is 0.769. The van der Waals surface area contributed by atoms with Crippen LogP contribution in [0.5, 0.6) is 5.75 Å². The summed E-state index contributed by atoms with van der Waals surface area (Å²) in [6.07, 6.45) is 2.86. The van der Waals surface area contributed by atoms with Crippen molar-refractivity contribution in [2.24, 2.45) is 0 Å². The fourth-order valence-corrected chi connectivity index (χ4v) is 2.92. The molecule has 2 aromatic carbocycles. The lowest BCUT2D eigenvalue weighted by atomic mass is 9.91. The normalized spacial score (nSPS) is 13.8. The molecule has 0 saturated carbocycles. The average molecular weight is 270 g/mol. The van der Waals surface area contributed by atoms with E-state index in [0.29, 0.717) is 12.4 Å². The van der Waals surface area contributed by atoms with Gasteiger partial charge in [0, 0.05) is 5.56 Å². The van der Waals surface area contributed by atoms with Crippen LogP contribution in [0.1, 0.15) is 30.0 Å². The van der Waals surface area contributed by atoms with Crippen molar-refractivity contribution in [1.29, 1.82) is 0 Å². The predicted octanol–water partition coefficient (Wildman–Crippen LogP) is 4.69. The molecule has 104 valence electrons. The zero-order chi connectivity index (χ0) is 14.1. The van der Waals surface area contributed by atoms with E-state index >= 15 is 0 Å². The Morgan fingerprint density at radius 3 is 2.90 bits per heavy atom. The summed E-state index contributed by atoms with van der Waals surface area (Å²) in [4.78, 5) is 0. The second kappa shape index (κ2) is 5.28. The molecule has 3 rings (SSSR count). The Kier molecular flexibility index (Phi) is 3.47. The third-order valence-electron chi connectivity index (χ3n) is 4.08. The maximum atomic E-state index is 14.3. The van der Waals surface area contributed by atoms with Gasteiger partial charge in [0.05, 0.1) is 6.61 Å². The molecule has 1 nitrogen and oxygen atoms in total. The molecular formula is C18H19FO. The first kappa shape index (κ1) is 13.2. The second-order valence-corrected chi connectivity index (χ2v) is 5.34. The van der Waals surface area contributed by atoms with Crippen LogP contribution >= 0.6 is 0 Å². The maximum absolute atomic E-state index is 14.3. The van der Waals surface area contributed by atoms with Crippen molar-refractivity contribution in [2.75, 3.05) is 6.61 Å². The molecule has 0 aromatic heterocycles. The molecule has 0 atom stereocenters. The lowest BCUT2D eigenvalue weighted by Gasteiger charge is -2.22. The number of halogens is 1. The van der Waals surface area contributed by atoms with Gasteiger partial charge in [0.25, 0.3) is 0 Å². The highest BCUT2D eigenvalue weighted by Gasteiger charge is 2.20. The zero-order valence-electron chi connectivity index (χ0n) is 12.0. The van der Waals surface area contributed by atoms with E-state index in [1.807, 2.05) is 6.07 Å². The molecule has 1 heterocycles. The van der Waals surface area contributed by atoms with Gasteiger partial charge in [0.15, 0.2) is 11.6 Å². The summed E-state index contributed by atoms with van der Waals surface area (Å²) in [5, 5.41) is 0. The van der Waals surface area contributed by atoms with Crippen molar-refractivity contribution >= 4 is 0 Å². The van der Waals surface area contributed by atoms with E-state index in [1.54, 1.807) is 6.07 Å². The Morgan fingerprint density at radius 2 is 2.10 bits per heavy atom. The molecular weight excluding hydrogens is 251 g/mol. The molecule has 0 N–H and O–H groups in total. The van der Waals surface area contributed by atoms with E-state index in [9.17, 15) is 4.39 Å². The van der Waals surface area contributed by atoms with Gasteiger partial charge in [-0.15, -0.1) is 0 Å². The number of fused-ring (bicyclic) bond motifs is 1. The van der Waals surface area contributed by atoms with Gasteiger partial charge in [0.1, 0.15) is 0 Å². The van der Waals surface area contributed by atoms with Crippen LogP contribution in [0.4, 0.5) is 4.39 Å². The monoisotopic (exact) mass is 270 g/mol. The van der Waals surface area contributed by atoms with Crippen molar-refractivity contribution in [3.63, 3.8) is 0 Å². The number of ether oxygens (including phenoxy) is 1. The second-order valence-electron chi connectivity index (χ2n) is 5.34. The fraction of sp³-hybridized carbons (Fsp3) is 0.333. The van der Waals surface area contributed by atoms with Gasteiger partial charge in [-0.25, -0.2) is 4.39 Å². The topological polar surface area (TPSA) is 9.23 Å². The molecule has 0 amide bonds. The van der Waals surface area contributed by atoms with Crippen LogP contribution in [0.3, 0.4) is 0 Å². The van der Waals surface area contributed by atoms with Gasteiger partial charge >= 0.3 is 0 Å². The highest BCUT2D eigenvalue weighted by molar-refractivity contribution is 5.71. The van der Waals surface area contributed by atoms with E-state index < -0.39 is 0 Å². The molecule has 0 aliphatic carbocycles. The zero-order valence-corrected chi connectivity index (χ0v) is 12.0. The molecule has 0 unspecified atom stereocenters. The molecule has 1 aliphatic heterocycles. The van der Waals surface area contributed by atoms with Crippen LogP contribution in [0.25, 0.3) is 11.1 Å². The number of aryl methyl sites for hydroxylation is 1. The average Bonchev–Trinajstić information content (AvgIpc) is 2.51. The number of rotatable bonds is 2. The van der Waals surface area contributed by atoms with Crippen LogP contribution < -0.4 is 4.74 Å². The van der Waals surface area contributed by atoms with Gasteiger partial charge in [-0.2, -0.15) is 0 Å². The van der Waals surface area contributed by atoms with Crippen LogP contribution in [-0.4, -0.2) is 6.61 Å². The highest BCUT2D eigenvalue weighted by Crippen LogP contribution is 2.37. The molecule has 20 heavy (non-hydrogen) atoms. The molecule has 0 bridgehead atoms. The van der Waals surface area contributed by atoms with Crippen LogP contribution in [0.2, 0.25) is 0 Å². The Labute approximate surface area is 119 Å². The first-order chi connectivity index (χ1) is 9.70. The van der Waals surface area contributed by atoms with Crippen LogP contribution in [0, 0.1) is 12.7 Å². The maximum Gasteiger partial charge on any atom is 0.165 e. The molecule has 0 spiro atoms. The lowest BCUT2D eigenvalue weighted by Crippen LogP contribution is -2.12. The summed E-state index contributed by atoms with van der Waals surface area (Å²) in [7, 11) is 0. The summed E-state index contributed by atoms with van der Waals surface area (Å²) in [5.41, 5.74) is 5.54. The largest absolute Gasteiger partial charge is 0.490 e. The standard InChI is InChI=1S/C18H19FO/c1-3-13-6-4-7-14(10-13)16-11-17(19)18-15(12(16)2)8-5-9-20-18/h4,6-7,10-11H,3,5,8-9H2,1-2H3. The highest BCUT2D eigenvalue weighted by atomic mass is 19.1. The van der Waals surface area contributed by atoms with E-state index in [1.165, 1.54) is 5.56 Å². The third-order valence-corrected chi connectivity index (χ3v) is 4.08. The first-order valence-electron chi connectivity index (χ1n) is 7.24. The first-order valence-corrected chi connectivity index (χ1v) is 7.24. The van der Waals surface area contributed by atoms with Crippen LogP contribution in [0.15, 0.2) is 30.3 Å². The van der Waals surface area contributed by atoms with Crippen molar-refractivity contribution < 1.29 is 9.13 Å². The van der Waals surface area contributed by atoms with Crippen molar-refractivity contribution in [1.82, 2.24) is 0 Å². The van der Waals surface area contributed by atoms with Gasteiger partial charge in [-0.3, -0.25) is 0 Å². The number of hydrogen-bond acceptors (Lipinski definition) is 1. The Balaban J connectivity index is 2.16. The minimum absolute atomic E-state index is 0.234. The van der Waals surface area contributed by atoms with E-state index in [0.717, 1.165) is 41.5 Å². The van der Waals surface area contributed by atoms with E-state index in [-0.39, 0.29) is 5.82 Å². The molecule has 0 fully saturated rings. The van der Waals surface area contributed by atoms with Crippen molar-refractivity contribution in [2.45, 2.75) is 33.1 Å². The van der Waals surface area contributed by atoms with Crippen LogP contribution in [-0.2, 0) is 12.8 Å². The molecule has 0 saturated heterocycles. The van der Waals surface area contributed by atoms with Gasteiger partial charge < -0.3 is 4.74 Å². The molecule has 2 heteroatoms. The minimum Gasteiger partial charge on any atom is -0.490 e. The number of benzene rings is 2. The van der Waals surface area contributed by atoms with E-state index in [4.69, 9.17) is 4.74 Å². The minimum atomic E-state index is -0.234. The van der Waals surface area contributed by atoms with Crippen molar-refractivity contribution in [3.05, 3.63) is 52.8 Å². The van der Waals surface area contributed by atoms with Gasteiger partial charge in [-0.1, -0.05) is 31.2 Å². The van der Waals surface area contributed by atoms with E-state index in [2.05, 4.69) is 32.0 Å². The summed E-state index contributed by atoms with van der Waals surface area (Å²) >= 11 is 0. The summed E-state index contributed by atoms with van der Waals surface area (Å²) < 4.78 is 19.8. The predicted molar refractivity (Wildman–Crippen MR) is 79.8 cm³/mol. The summed E-state index contributed by atoms with van der Waals surface area (Å²) in [6.45, 7) is 4.82. The van der Waals surface area contributed by atoms with Gasteiger partial charge in [0.2, 0.25) is 0 Å². The molecule has 0 radical (unpaired) electrons. The van der Waals surface area contributed by atoms with Crippen molar-refractivity contribution in [3.8, 4) is 16.9 Å². The Bertz CT molecular complexity index is 646. The lowest BCUT2D eigenvalue weighted by molar-refractivity contribution is 0.273. The SMILES string of the molecule is CCc1cccc(-c2cc(F)c3c(c2C)CCCO3)c1. The third kappa shape index (κ3) is 2.20. The number of hydrogen-bond donors (Lipinski definition) is 0. The fourth-order valence-electron chi connectivity index (χ4n) is 2.92. The summed E-state index contributed by atoms with van der Waals surface area (Å²) in [5.74, 6) is 0.228. The molecule has 1 aliphatic rings. The smallest absolute Gasteiger partial charge is 0.165 e. The summed E-state index contributed by atoms with van der Waals surface area (Å²) in [6, 6.07) is 9.97. The Morgan fingerprint density at radius 1 is 1.25 bits per heavy atom. The van der Waals surface area contributed by atoms with Gasteiger partial charge in [-0.05, 0) is 54.5 Å². The Hall–Kier alpha value is -1.83. The molecule has 2 aromatic rings.